The second-order valence-electron chi connectivity index (χ2n) is 3.96. The van der Waals surface area contributed by atoms with Crippen molar-refractivity contribution < 1.29 is 27.3 Å². The molecule has 8 heteroatoms. The quantitative estimate of drug-likeness (QED) is 0.354. The van der Waals surface area contributed by atoms with E-state index in [0.717, 1.165) is 0 Å². The van der Waals surface area contributed by atoms with Crippen molar-refractivity contribution in [3.63, 3.8) is 0 Å². The number of amides is 1. The van der Waals surface area contributed by atoms with E-state index < -0.39 is 22.2 Å². The molecule has 0 aliphatic rings. The van der Waals surface area contributed by atoms with Crippen molar-refractivity contribution in [1.29, 1.82) is 0 Å². The first-order chi connectivity index (χ1) is 9.38. The molecule has 1 aromatic rings. The molecule has 0 saturated carbocycles. The van der Waals surface area contributed by atoms with Crippen LogP contribution in [0.5, 0.6) is 0 Å². The molecule has 0 spiro atoms. The molecule has 0 bridgehead atoms. The number of esters is 1. The Hall–Kier alpha value is -1.93. The summed E-state index contributed by atoms with van der Waals surface area (Å²) >= 11 is 0. The van der Waals surface area contributed by atoms with Gasteiger partial charge in [0.1, 0.15) is 0 Å². The minimum Gasteiger partial charge on any atom is -0.373 e. The van der Waals surface area contributed by atoms with Crippen molar-refractivity contribution in [2.45, 2.75) is 12.8 Å². The lowest BCUT2D eigenvalue weighted by molar-refractivity contribution is 0.0622. The van der Waals surface area contributed by atoms with Gasteiger partial charge in [0.25, 0.3) is 10.1 Å². The van der Waals surface area contributed by atoms with Gasteiger partial charge < -0.3 is 10.1 Å². The zero-order valence-electron chi connectivity index (χ0n) is 10.6. The van der Waals surface area contributed by atoms with Gasteiger partial charge >= 0.3 is 12.1 Å². The van der Waals surface area contributed by atoms with Gasteiger partial charge in [-0.15, -0.1) is 0 Å². The van der Waals surface area contributed by atoms with Gasteiger partial charge in [0, 0.05) is 6.54 Å². The molecule has 0 saturated heterocycles. The Morgan fingerprint density at radius 1 is 1.15 bits per heavy atom. The normalized spacial score (nSPS) is 10.8. The maximum absolute atomic E-state index is 11.5. The van der Waals surface area contributed by atoms with Crippen LogP contribution in [0.15, 0.2) is 30.3 Å². The van der Waals surface area contributed by atoms with E-state index in [1.807, 2.05) is 0 Å². The number of unbranched alkanes of at least 4 members (excludes halogenated alkanes) is 1. The van der Waals surface area contributed by atoms with Crippen molar-refractivity contribution >= 4 is 22.2 Å². The number of hydrogen-bond acceptors (Lipinski definition) is 5. The number of carbonyl (C=O) groups excluding carboxylic acids is 2. The summed E-state index contributed by atoms with van der Waals surface area (Å²) in [4.78, 5) is 22.7. The van der Waals surface area contributed by atoms with Gasteiger partial charge in [-0.3, -0.25) is 4.55 Å². The molecule has 0 atom stereocenters. The van der Waals surface area contributed by atoms with Crippen LogP contribution < -0.4 is 5.32 Å². The monoisotopic (exact) mass is 301 g/mol. The Bertz CT molecular complexity index is 555. The van der Waals surface area contributed by atoms with Gasteiger partial charge in [0.2, 0.25) is 0 Å². The molecule has 1 amide bonds. The lowest BCUT2D eigenvalue weighted by Crippen LogP contribution is -2.28. The third-order valence-electron chi connectivity index (χ3n) is 2.29. The Labute approximate surface area is 116 Å². The van der Waals surface area contributed by atoms with Crippen LogP contribution >= 0.6 is 0 Å². The molecular formula is C12H15NO6S. The first kappa shape index (κ1) is 16.1. The fourth-order valence-corrected chi connectivity index (χ4v) is 1.92. The third kappa shape index (κ3) is 6.86. The van der Waals surface area contributed by atoms with Crippen LogP contribution in [-0.2, 0) is 14.9 Å². The summed E-state index contributed by atoms with van der Waals surface area (Å²) in [6.07, 6.45) is -0.356. The highest BCUT2D eigenvalue weighted by Gasteiger charge is 2.11. The smallest absolute Gasteiger partial charge is 0.373 e. The first-order valence-electron chi connectivity index (χ1n) is 5.89. The van der Waals surface area contributed by atoms with E-state index in [4.69, 9.17) is 4.55 Å². The second kappa shape index (κ2) is 7.61. The number of hydrogen-bond donors (Lipinski definition) is 2. The van der Waals surface area contributed by atoms with Crippen LogP contribution in [0.4, 0.5) is 4.79 Å². The summed E-state index contributed by atoms with van der Waals surface area (Å²) in [6.45, 7) is 0.149. The standard InChI is InChI=1S/C12H15NO6S/c14-11(10-6-2-1-3-7-10)19-12(15)13-8-4-5-9-20(16,17)18/h1-3,6-7H,4-5,8-9H2,(H,13,15)(H,16,17,18). The highest BCUT2D eigenvalue weighted by molar-refractivity contribution is 7.85. The van der Waals surface area contributed by atoms with Crippen LogP contribution in [0.2, 0.25) is 0 Å². The Morgan fingerprint density at radius 2 is 1.80 bits per heavy atom. The van der Waals surface area contributed by atoms with Crippen LogP contribution in [0, 0.1) is 0 Å². The Balaban J connectivity index is 2.22. The maximum atomic E-state index is 11.5. The number of carbonyl (C=O) groups is 2. The van der Waals surface area contributed by atoms with Gasteiger partial charge in [0.15, 0.2) is 0 Å². The SMILES string of the molecule is O=C(NCCCCS(=O)(=O)O)OC(=O)c1ccccc1. The van der Waals surface area contributed by atoms with Gasteiger partial charge in [-0.1, -0.05) is 18.2 Å². The maximum Gasteiger partial charge on any atom is 0.415 e. The molecule has 2 N–H and O–H groups in total. The zero-order chi connectivity index (χ0) is 15.0. The molecule has 7 nitrogen and oxygen atoms in total. The molecule has 0 unspecified atom stereocenters. The molecular weight excluding hydrogens is 286 g/mol. The number of alkyl carbamates (subject to hydrolysis) is 1. The summed E-state index contributed by atoms with van der Waals surface area (Å²) in [5, 5.41) is 2.31. The van der Waals surface area contributed by atoms with Gasteiger partial charge in [-0.25, -0.2) is 9.59 Å². The Kier molecular flexibility index (Phi) is 6.13. The van der Waals surface area contributed by atoms with Gasteiger partial charge in [-0.05, 0) is 25.0 Å². The molecule has 0 aromatic heterocycles. The third-order valence-corrected chi connectivity index (χ3v) is 3.10. The van der Waals surface area contributed by atoms with E-state index in [-0.39, 0.29) is 24.3 Å². The number of ether oxygens (including phenoxy) is 1. The Morgan fingerprint density at radius 3 is 2.40 bits per heavy atom. The molecule has 0 aliphatic heterocycles. The summed E-state index contributed by atoms with van der Waals surface area (Å²) < 4.78 is 33.9. The van der Waals surface area contributed by atoms with E-state index in [0.29, 0.717) is 6.42 Å². The molecule has 0 aliphatic carbocycles. The van der Waals surface area contributed by atoms with E-state index in [1.54, 1.807) is 18.2 Å². The molecule has 110 valence electrons. The highest BCUT2D eigenvalue weighted by atomic mass is 32.2. The summed E-state index contributed by atoms with van der Waals surface area (Å²) in [7, 11) is -3.98. The van der Waals surface area contributed by atoms with E-state index in [1.165, 1.54) is 12.1 Å². The first-order valence-corrected chi connectivity index (χ1v) is 7.49. The average molecular weight is 301 g/mol. The van der Waals surface area contributed by atoms with Crippen LogP contribution in [0.1, 0.15) is 23.2 Å². The van der Waals surface area contributed by atoms with E-state index in [2.05, 4.69) is 10.1 Å². The van der Waals surface area contributed by atoms with E-state index in [9.17, 15) is 18.0 Å². The molecule has 1 rings (SSSR count). The minimum atomic E-state index is -3.98. The van der Waals surface area contributed by atoms with Crippen LogP contribution in [0.3, 0.4) is 0 Å². The fraction of sp³-hybridized carbons (Fsp3) is 0.333. The van der Waals surface area contributed by atoms with Crippen LogP contribution in [-0.4, -0.2) is 37.3 Å². The van der Waals surface area contributed by atoms with Crippen molar-refractivity contribution in [3.05, 3.63) is 35.9 Å². The van der Waals surface area contributed by atoms with Crippen molar-refractivity contribution in [1.82, 2.24) is 5.32 Å². The molecule has 0 fully saturated rings. The largest absolute Gasteiger partial charge is 0.415 e. The van der Waals surface area contributed by atoms with Crippen molar-refractivity contribution in [3.8, 4) is 0 Å². The van der Waals surface area contributed by atoms with Crippen molar-refractivity contribution in [2.24, 2.45) is 0 Å². The number of nitrogens with one attached hydrogen (secondary N) is 1. The highest BCUT2D eigenvalue weighted by Crippen LogP contribution is 2.01. The predicted octanol–water partition coefficient (Wildman–Crippen LogP) is 1.22. The summed E-state index contributed by atoms with van der Waals surface area (Å²) in [5.74, 6) is -1.13. The number of rotatable bonds is 6. The minimum absolute atomic E-state index is 0.149. The van der Waals surface area contributed by atoms with Gasteiger partial charge in [-0.2, -0.15) is 8.42 Å². The second-order valence-corrected chi connectivity index (χ2v) is 5.54. The fourth-order valence-electron chi connectivity index (χ4n) is 1.35. The van der Waals surface area contributed by atoms with E-state index >= 15 is 0 Å². The average Bonchev–Trinajstić information content (AvgIpc) is 2.38. The molecule has 0 heterocycles. The summed E-state index contributed by atoms with van der Waals surface area (Å²) in [5.41, 5.74) is 0.258. The lowest BCUT2D eigenvalue weighted by atomic mass is 10.2. The van der Waals surface area contributed by atoms with Gasteiger partial charge in [0.05, 0.1) is 11.3 Å². The topological polar surface area (TPSA) is 110 Å². The number of benzene rings is 1. The lowest BCUT2D eigenvalue weighted by Gasteiger charge is -2.05. The summed E-state index contributed by atoms with van der Waals surface area (Å²) in [6, 6.07) is 8.04. The molecule has 0 radical (unpaired) electrons. The zero-order valence-corrected chi connectivity index (χ0v) is 11.4. The molecule has 1 aromatic carbocycles. The predicted molar refractivity (Wildman–Crippen MR) is 70.9 cm³/mol. The molecule has 20 heavy (non-hydrogen) atoms. The van der Waals surface area contributed by atoms with Crippen molar-refractivity contribution in [2.75, 3.05) is 12.3 Å². The van der Waals surface area contributed by atoms with Crippen LogP contribution in [0.25, 0.3) is 0 Å².